The van der Waals surface area contributed by atoms with E-state index in [-0.39, 0.29) is 11.6 Å². The maximum absolute atomic E-state index is 13.4. The molecule has 2 aromatic carbocycles. The van der Waals surface area contributed by atoms with Crippen molar-refractivity contribution >= 4 is 11.6 Å². The maximum atomic E-state index is 13.4. The van der Waals surface area contributed by atoms with E-state index in [0.717, 1.165) is 5.56 Å². The Morgan fingerprint density at radius 2 is 1.84 bits per heavy atom. The Kier molecular flexibility index (Phi) is 4.26. The van der Waals surface area contributed by atoms with E-state index in [1.807, 2.05) is 0 Å². The van der Waals surface area contributed by atoms with Crippen LogP contribution in [-0.4, -0.2) is 13.0 Å². The summed E-state index contributed by atoms with van der Waals surface area (Å²) < 4.78 is 18.4. The van der Waals surface area contributed by atoms with Gasteiger partial charge in [-0.1, -0.05) is 24.3 Å². The van der Waals surface area contributed by atoms with Crippen LogP contribution in [0.3, 0.4) is 0 Å². The Balaban J connectivity index is 2.10. The first-order valence-corrected chi connectivity index (χ1v) is 5.84. The highest BCUT2D eigenvalue weighted by Gasteiger charge is 2.08. The Labute approximate surface area is 111 Å². The second-order valence-electron chi connectivity index (χ2n) is 4.06. The SMILES string of the molecule is COCc1ccc(C(=O)Nc2ccccc2F)cc1. The number of methoxy groups -OCH3 is 1. The molecule has 0 saturated heterocycles. The third-order valence-electron chi connectivity index (χ3n) is 2.65. The molecule has 0 aromatic heterocycles. The van der Waals surface area contributed by atoms with E-state index in [0.29, 0.717) is 12.2 Å². The van der Waals surface area contributed by atoms with Gasteiger partial charge >= 0.3 is 0 Å². The molecule has 4 heteroatoms. The molecule has 0 aliphatic heterocycles. The summed E-state index contributed by atoms with van der Waals surface area (Å²) in [4.78, 5) is 11.9. The third kappa shape index (κ3) is 3.39. The molecule has 0 saturated carbocycles. The second-order valence-corrected chi connectivity index (χ2v) is 4.06. The summed E-state index contributed by atoms with van der Waals surface area (Å²) in [5.74, 6) is -0.791. The smallest absolute Gasteiger partial charge is 0.255 e. The van der Waals surface area contributed by atoms with Gasteiger partial charge in [0.05, 0.1) is 12.3 Å². The van der Waals surface area contributed by atoms with Crippen molar-refractivity contribution in [3.8, 4) is 0 Å². The largest absolute Gasteiger partial charge is 0.380 e. The number of anilines is 1. The van der Waals surface area contributed by atoms with Crippen molar-refractivity contribution in [2.75, 3.05) is 12.4 Å². The second kappa shape index (κ2) is 6.11. The predicted octanol–water partition coefficient (Wildman–Crippen LogP) is 3.22. The van der Waals surface area contributed by atoms with Gasteiger partial charge in [-0.05, 0) is 29.8 Å². The number of carbonyl (C=O) groups excluding carboxylic acids is 1. The third-order valence-corrected chi connectivity index (χ3v) is 2.65. The number of halogens is 1. The fraction of sp³-hybridized carbons (Fsp3) is 0.133. The van der Waals surface area contributed by atoms with Crippen molar-refractivity contribution < 1.29 is 13.9 Å². The van der Waals surface area contributed by atoms with Crippen LogP contribution in [0.5, 0.6) is 0 Å². The topological polar surface area (TPSA) is 38.3 Å². The number of rotatable bonds is 4. The highest BCUT2D eigenvalue weighted by atomic mass is 19.1. The van der Waals surface area contributed by atoms with Gasteiger partial charge in [0.25, 0.3) is 5.91 Å². The highest BCUT2D eigenvalue weighted by Crippen LogP contribution is 2.14. The van der Waals surface area contributed by atoms with Gasteiger partial charge in [0.15, 0.2) is 0 Å². The molecule has 19 heavy (non-hydrogen) atoms. The van der Waals surface area contributed by atoms with Gasteiger partial charge in [-0.25, -0.2) is 4.39 Å². The molecule has 3 nitrogen and oxygen atoms in total. The fourth-order valence-corrected chi connectivity index (χ4v) is 1.68. The zero-order valence-electron chi connectivity index (χ0n) is 10.5. The van der Waals surface area contributed by atoms with Crippen LogP contribution < -0.4 is 5.32 Å². The average molecular weight is 259 g/mol. The van der Waals surface area contributed by atoms with Gasteiger partial charge in [-0.3, -0.25) is 4.79 Å². The van der Waals surface area contributed by atoms with Crippen LogP contribution in [0, 0.1) is 5.82 Å². The summed E-state index contributed by atoms with van der Waals surface area (Å²) in [6.07, 6.45) is 0. The van der Waals surface area contributed by atoms with E-state index >= 15 is 0 Å². The summed E-state index contributed by atoms with van der Waals surface area (Å²) in [7, 11) is 1.61. The monoisotopic (exact) mass is 259 g/mol. The molecule has 2 rings (SSSR count). The van der Waals surface area contributed by atoms with Gasteiger partial charge in [-0.2, -0.15) is 0 Å². The summed E-state index contributed by atoms with van der Waals surface area (Å²) in [6.45, 7) is 0.495. The first-order chi connectivity index (χ1) is 9.20. The molecule has 0 atom stereocenters. The molecule has 98 valence electrons. The number of hydrogen-bond acceptors (Lipinski definition) is 2. The maximum Gasteiger partial charge on any atom is 0.255 e. The van der Waals surface area contributed by atoms with Gasteiger partial charge in [0.1, 0.15) is 5.82 Å². The van der Waals surface area contributed by atoms with Crippen LogP contribution in [0.15, 0.2) is 48.5 Å². The lowest BCUT2D eigenvalue weighted by molar-refractivity contribution is 0.102. The zero-order chi connectivity index (χ0) is 13.7. The first-order valence-electron chi connectivity index (χ1n) is 5.84. The summed E-state index contributed by atoms with van der Waals surface area (Å²) in [6, 6.07) is 13.0. The lowest BCUT2D eigenvalue weighted by Crippen LogP contribution is -2.12. The minimum Gasteiger partial charge on any atom is -0.380 e. The first kappa shape index (κ1) is 13.2. The van der Waals surface area contributed by atoms with E-state index in [9.17, 15) is 9.18 Å². The molecular formula is C15H14FNO2. The minimum absolute atomic E-state index is 0.175. The standard InChI is InChI=1S/C15H14FNO2/c1-19-10-11-6-8-12(9-7-11)15(18)17-14-5-3-2-4-13(14)16/h2-9H,10H2,1H3,(H,17,18). The van der Waals surface area contributed by atoms with E-state index in [1.54, 1.807) is 43.5 Å². The quantitative estimate of drug-likeness (QED) is 0.915. The van der Waals surface area contributed by atoms with E-state index in [4.69, 9.17) is 4.74 Å². The van der Waals surface area contributed by atoms with Gasteiger partial charge in [0.2, 0.25) is 0 Å². The minimum atomic E-state index is -0.452. The number of benzene rings is 2. The molecule has 0 bridgehead atoms. The molecule has 0 fully saturated rings. The van der Waals surface area contributed by atoms with Crippen molar-refractivity contribution in [2.24, 2.45) is 0 Å². The molecule has 1 amide bonds. The lowest BCUT2D eigenvalue weighted by atomic mass is 10.1. The summed E-state index contributed by atoms with van der Waals surface area (Å²) >= 11 is 0. The van der Waals surface area contributed by atoms with Crippen molar-refractivity contribution in [3.63, 3.8) is 0 Å². The van der Waals surface area contributed by atoms with Gasteiger partial charge in [-0.15, -0.1) is 0 Å². The molecule has 0 heterocycles. The van der Waals surface area contributed by atoms with Crippen LogP contribution in [0.2, 0.25) is 0 Å². The van der Waals surface area contributed by atoms with Crippen LogP contribution in [0.25, 0.3) is 0 Å². The van der Waals surface area contributed by atoms with E-state index in [1.165, 1.54) is 12.1 Å². The van der Waals surface area contributed by atoms with Crippen LogP contribution in [-0.2, 0) is 11.3 Å². The molecule has 0 radical (unpaired) electrons. The number of carbonyl (C=O) groups is 1. The van der Waals surface area contributed by atoms with Crippen molar-refractivity contribution in [1.82, 2.24) is 0 Å². The zero-order valence-corrected chi connectivity index (χ0v) is 10.5. The normalized spacial score (nSPS) is 10.2. The Morgan fingerprint density at radius 1 is 1.16 bits per heavy atom. The Bertz CT molecular complexity index is 567. The molecular weight excluding hydrogens is 245 g/mol. The number of nitrogens with one attached hydrogen (secondary N) is 1. The summed E-state index contributed by atoms with van der Waals surface area (Å²) in [5.41, 5.74) is 1.63. The summed E-state index contributed by atoms with van der Waals surface area (Å²) in [5, 5.41) is 2.53. The molecule has 0 spiro atoms. The predicted molar refractivity (Wildman–Crippen MR) is 71.5 cm³/mol. The van der Waals surface area contributed by atoms with Crippen LogP contribution in [0.4, 0.5) is 10.1 Å². The van der Waals surface area contributed by atoms with Crippen LogP contribution in [0.1, 0.15) is 15.9 Å². The molecule has 0 unspecified atom stereocenters. The number of hydrogen-bond donors (Lipinski definition) is 1. The molecule has 0 aliphatic rings. The van der Waals surface area contributed by atoms with E-state index < -0.39 is 5.82 Å². The Morgan fingerprint density at radius 3 is 2.47 bits per heavy atom. The average Bonchev–Trinajstić information content (AvgIpc) is 2.42. The molecule has 1 N–H and O–H groups in total. The van der Waals surface area contributed by atoms with Crippen molar-refractivity contribution in [1.29, 1.82) is 0 Å². The van der Waals surface area contributed by atoms with Crippen LogP contribution >= 0.6 is 0 Å². The molecule has 2 aromatic rings. The molecule has 0 aliphatic carbocycles. The Hall–Kier alpha value is -2.20. The fourth-order valence-electron chi connectivity index (χ4n) is 1.68. The van der Waals surface area contributed by atoms with Gasteiger partial charge in [0, 0.05) is 12.7 Å². The van der Waals surface area contributed by atoms with Crippen molar-refractivity contribution in [3.05, 3.63) is 65.5 Å². The highest BCUT2D eigenvalue weighted by molar-refractivity contribution is 6.04. The number of ether oxygens (including phenoxy) is 1. The van der Waals surface area contributed by atoms with Crippen molar-refractivity contribution in [2.45, 2.75) is 6.61 Å². The number of amides is 1. The number of para-hydroxylation sites is 1. The lowest BCUT2D eigenvalue weighted by Gasteiger charge is -2.07. The van der Waals surface area contributed by atoms with Gasteiger partial charge < -0.3 is 10.1 Å². The van der Waals surface area contributed by atoms with E-state index in [2.05, 4.69) is 5.32 Å².